The van der Waals surface area contributed by atoms with Gasteiger partial charge in [-0.25, -0.2) is 4.98 Å². The number of rotatable bonds is 4. The number of aromatic nitrogens is 1. The highest BCUT2D eigenvalue weighted by molar-refractivity contribution is 5.95. The highest BCUT2D eigenvalue weighted by Crippen LogP contribution is 2.22. The molecule has 0 aliphatic carbocycles. The molecule has 0 saturated carbocycles. The zero-order valence-electron chi connectivity index (χ0n) is 16.8. The van der Waals surface area contributed by atoms with E-state index in [1.54, 1.807) is 6.20 Å². The summed E-state index contributed by atoms with van der Waals surface area (Å²) in [5, 5.41) is 0. The monoisotopic (exact) mass is 378 g/mol. The van der Waals surface area contributed by atoms with Crippen LogP contribution in [0.2, 0.25) is 0 Å². The second kappa shape index (κ2) is 8.74. The number of benzene rings is 1. The summed E-state index contributed by atoms with van der Waals surface area (Å²) in [6.07, 6.45) is 4.26. The van der Waals surface area contributed by atoms with Gasteiger partial charge in [-0.1, -0.05) is 37.3 Å². The van der Waals surface area contributed by atoms with Gasteiger partial charge in [0.1, 0.15) is 5.82 Å². The molecule has 2 aromatic rings. The van der Waals surface area contributed by atoms with Crippen molar-refractivity contribution in [2.24, 2.45) is 5.92 Å². The first-order chi connectivity index (χ1) is 13.7. The lowest BCUT2D eigenvalue weighted by atomic mass is 10.0. The number of pyridine rings is 1. The Bertz CT molecular complexity index is 786. The maximum atomic E-state index is 13.0. The molecule has 0 N–H and O–H groups in total. The summed E-state index contributed by atoms with van der Waals surface area (Å²) in [5.74, 6) is 1.76. The van der Waals surface area contributed by atoms with Crippen LogP contribution in [0.3, 0.4) is 0 Å². The Morgan fingerprint density at radius 3 is 2.61 bits per heavy atom. The van der Waals surface area contributed by atoms with Gasteiger partial charge in [-0.2, -0.15) is 0 Å². The fourth-order valence-electron chi connectivity index (χ4n) is 4.26. The number of hydrogen-bond donors (Lipinski definition) is 0. The first-order valence-corrected chi connectivity index (χ1v) is 10.5. The van der Waals surface area contributed by atoms with Crippen molar-refractivity contribution >= 4 is 11.7 Å². The molecule has 2 aliphatic heterocycles. The Morgan fingerprint density at radius 2 is 1.86 bits per heavy atom. The second-order valence-electron chi connectivity index (χ2n) is 8.15. The van der Waals surface area contributed by atoms with Gasteiger partial charge < -0.3 is 9.80 Å². The molecule has 1 unspecified atom stereocenters. The minimum atomic E-state index is 0.132. The number of piperazine rings is 1. The van der Waals surface area contributed by atoms with Gasteiger partial charge in [-0.05, 0) is 36.5 Å². The van der Waals surface area contributed by atoms with E-state index in [9.17, 15) is 4.79 Å². The normalized spacial score (nSPS) is 21.0. The number of anilines is 1. The van der Waals surface area contributed by atoms with Crippen molar-refractivity contribution < 1.29 is 4.79 Å². The Labute approximate surface area is 168 Å². The van der Waals surface area contributed by atoms with Crippen molar-refractivity contribution in [3.63, 3.8) is 0 Å². The van der Waals surface area contributed by atoms with Gasteiger partial charge >= 0.3 is 0 Å². The Balaban J connectivity index is 1.35. The molecule has 28 heavy (non-hydrogen) atoms. The second-order valence-corrected chi connectivity index (χ2v) is 8.15. The number of piperidine rings is 1. The Hall–Kier alpha value is -2.40. The van der Waals surface area contributed by atoms with E-state index in [1.165, 1.54) is 18.4 Å². The van der Waals surface area contributed by atoms with Crippen LogP contribution in [0, 0.1) is 5.92 Å². The van der Waals surface area contributed by atoms with Gasteiger partial charge in [0.25, 0.3) is 5.91 Å². The van der Waals surface area contributed by atoms with Crippen molar-refractivity contribution in [2.45, 2.75) is 26.3 Å². The summed E-state index contributed by atoms with van der Waals surface area (Å²) >= 11 is 0. The third kappa shape index (κ3) is 4.53. The third-order valence-electron chi connectivity index (χ3n) is 5.88. The van der Waals surface area contributed by atoms with Gasteiger partial charge in [0.15, 0.2) is 0 Å². The minimum absolute atomic E-state index is 0.132. The molecule has 5 nitrogen and oxygen atoms in total. The van der Waals surface area contributed by atoms with Crippen LogP contribution >= 0.6 is 0 Å². The van der Waals surface area contributed by atoms with Gasteiger partial charge in [-0.3, -0.25) is 9.69 Å². The van der Waals surface area contributed by atoms with Crippen LogP contribution in [0.1, 0.15) is 35.7 Å². The molecule has 3 heterocycles. The Morgan fingerprint density at radius 1 is 1.07 bits per heavy atom. The van der Waals surface area contributed by atoms with E-state index in [0.29, 0.717) is 5.92 Å². The van der Waals surface area contributed by atoms with Crippen LogP contribution in [-0.4, -0.2) is 60.0 Å². The maximum absolute atomic E-state index is 13.0. The molecular weight excluding hydrogens is 348 g/mol. The molecule has 2 saturated heterocycles. The fourth-order valence-corrected chi connectivity index (χ4v) is 4.26. The summed E-state index contributed by atoms with van der Waals surface area (Å²) in [5.41, 5.74) is 2.09. The molecule has 1 atom stereocenters. The first kappa shape index (κ1) is 18.9. The lowest BCUT2D eigenvalue weighted by Crippen LogP contribution is -2.48. The maximum Gasteiger partial charge on any atom is 0.254 e. The molecule has 0 spiro atoms. The zero-order chi connectivity index (χ0) is 19.3. The predicted octanol–water partition coefficient (Wildman–Crippen LogP) is 3.28. The smallest absolute Gasteiger partial charge is 0.254 e. The minimum Gasteiger partial charge on any atom is -0.356 e. The van der Waals surface area contributed by atoms with Gasteiger partial charge in [0.05, 0.1) is 0 Å². The van der Waals surface area contributed by atoms with Crippen LogP contribution in [0.4, 0.5) is 5.82 Å². The van der Waals surface area contributed by atoms with Gasteiger partial charge in [0, 0.05) is 57.6 Å². The van der Waals surface area contributed by atoms with Crippen LogP contribution in [0.5, 0.6) is 0 Å². The van der Waals surface area contributed by atoms with E-state index in [2.05, 4.69) is 46.0 Å². The summed E-state index contributed by atoms with van der Waals surface area (Å²) in [6, 6.07) is 14.4. The number of carbonyl (C=O) groups is 1. The summed E-state index contributed by atoms with van der Waals surface area (Å²) < 4.78 is 0. The largest absolute Gasteiger partial charge is 0.356 e. The molecule has 0 bridgehead atoms. The third-order valence-corrected chi connectivity index (χ3v) is 5.88. The van der Waals surface area contributed by atoms with Crippen LogP contribution < -0.4 is 4.90 Å². The lowest BCUT2D eigenvalue weighted by Gasteiger charge is -2.35. The topological polar surface area (TPSA) is 39.7 Å². The standard InChI is InChI=1S/C23H30N4O/c1-19-6-5-11-27(17-19)22-16-21(9-10-24-22)23(28)26-14-12-25(13-15-26)18-20-7-3-2-4-8-20/h2-4,7-10,16,19H,5-6,11-15,17-18H2,1H3. The van der Waals surface area contributed by atoms with Crippen LogP contribution in [0.25, 0.3) is 0 Å². The molecule has 2 aliphatic rings. The van der Waals surface area contributed by atoms with Crippen molar-refractivity contribution in [1.82, 2.24) is 14.8 Å². The predicted molar refractivity (Wildman–Crippen MR) is 112 cm³/mol. The van der Waals surface area contributed by atoms with E-state index in [4.69, 9.17) is 0 Å². The highest BCUT2D eigenvalue weighted by Gasteiger charge is 2.24. The van der Waals surface area contributed by atoms with E-state index < -0.39 is 0 Å². The number of nitrogens with zero attached hydrogens (tertiary/aromatic N) is 4. The summed E-state index contributed by atoms with van der Waals surface area (Å²) in [4.78, 5) is 24.3. The molecule has 5 heteroatoms. The van der Waals surface area contributed by atoms with E-state index >= 15 is 0 Å². The van der Waals surface area contributed by atoms with Gasteiger partial charge in [0.2, 0.25) is 0 Å². The highest BCUT2D eigenvalue weighted by atomic mass is 16.2. The lowest BCUT2D eigenvalue weighted by molar-refractivity contribution is 0.0628. The van der Waals surface area contributed by atoms with Crippen molar-refractivity contribution in [3.05, 3.63) is 59.8 Å². The fraction of sp³-hybridized carbons (Fsp3) is 0.478. The molecule has 1 aromatic carbocycles. The average Bonchev–Trinajstić information content (AvgIpc) is 2.75. The number of hydrogen-bond acceptors (Lipinski definition) is 4. The SMILES string of the molecule is CC1CCCN(c2cc(C(=O)N3CCN(Cc4ccccc4)CC3)ccn2)C1. The molecular formula is C23H30N4O. The average molecular weight is 379 g/mol. The first-order valence-electron chi connectivity index (χ1n) is 10.5. The van der Waals surface area contributed by atoms with E-state index in [1.807, 2.05) is 23.1 Å². The molecule has 4 rings (SSSR count). The molecule has 2 fully saturated rings. The quantitative estimate of drug-likeness (QED) is 0.819. The Kier molecular flexibility index (Phi) is 5.91. The van der Waals surface area contributed by atoms with E-state index in [0.717, 1.165) is 57.2 Å². The molecule has 1 aromatic heterocycles. The van der Waals surface area contributed by atoms with Gasteiger partial charge in [-0.15, -0.1) is 0 Å². The number of carbonyl (C=O) groups excluding carboxylic acids is 1. The summed E-state index contributed by atoms with van der Waals surface area (Å²) in [7, 11) is 0. The molecule has 148 valence electrons. The van der Waals surface area contributed by atoms with Crippen LogP contribution in [0.15, 0.2) is 48.7 Å². The molecule has 0 radical (unpaired) electrons. The zero-order valence-corrected chi connectivity index (χ0v) is 16.8. The van der Waals surface area contributed by atoms with Crippen LogP contribution in [-0.2, 0) is 6.54 Å². The van der Waals surface area contributed by atoms with Crippen molar-refractivity contribution in [1.29, 1.82) is 0 Å². The van der Waals surface area contributed by atoms with Crippen molar-refractivity contribution in [3.8, 4) is 0 Å². The number of amides is 1. The molecule has 1 amide bonds. The van der Waals surface area contributed by atoms with E-state index in [-0.39, 0.29) is 5.91 Å². The summed E-state index contributed by atoms with van der Waals surface area (Å²) in [6.45, 7) is 8.71. The van der Waals surface area contributed by atoms with Crippen molar-refractivity contribution in [2.75, 3.05) is 44.2 Å².